The second-order valence-corrected chi connectivity index (χ2v) is 7.48. The number of hydrogen-bond donors (Lipinski definition) is 3. The van der Waals surface area contributed by atoms with Crippen LogP contribution in [0.2, 0.25) is 0 Å². The van der Waals surface area contributed by atoms with Crippen LogP contribution >= 0.6 is 0 Å². The van der Waals surface area contributed by atoms with E-state index in [1.165, 1.54) is 0 Å². The van der Waals surface area contributed by atoms with Crippen molar-refractivity contribution in [3.8, 4) is 5.75 Å². The Morgan fingerprint density at radius 3 is 2.14 bits per heavy atom. The van der Waals surface area contributed by atoms with Crippen molar-refractivity contribution in [3.63, 3.8) is 0 Å². The van der Waals surface area contributed by atoms with Gasteiger partial charge in [0.25, 0.3) is 0 Å². The summed E-state index contributed by atoms with van der Waals surface area (Å²) in [7, 11) is 0. The molecule has 0 unspecified atom stereocenters. The number of aliphatic carboxylic acids is 1. The number of esters is 1. The van der Waals surface area contributed by atoms with E-state index < -0.39 is 17.9 Å². The number of ether oxygens (including phenoxy) is 1. The Balaban J connectivity index is 2.54. The van der Waals surface area contributed by atoms with E-state index >= 15 is 0 Å². The first-order valence-electron chi connectivity index (χ1n) is 9.72. The Kier molecular flexibility index (Phi) is 9.65. The molecule has 0 aliphatic heterocycles. The van der Waals surface area contributed by atoms with E-state index in [0.29, 0.717) is 12.2 Å². The minimum atomic E-state index is -0.992. The van der Waals surface area contributed by atoms with Gasteiger partial charge in [0.05, 0.1) is 6.04 Å². The summed E-state index contributed by atoms with van der Waals surface area (Å²) in [6, 6.07) is 5.05. The van der Waals surface area contributed by atoms with Gasteiger partial charge in [0.15, 0.2) is 0 Å². The number of nitrogens with one attached hydrogen (secondary N) is 1. The van der Waals surface area contributed by atoms with Gasteiger partial charge in [-0.05, 0) is 35.8 Å². The van der Waals surface area contributed by atoms with Crippen LogP contribution < -0.4 is 15.8 Å². The highest BCUT2D eigenvalue weighted by Crippen LogP contribution is 2.34. The molecule has 7 nitrogen and oxygen atoms in total. The molecule has 4 N–H and O–H groups in total. The third-order valence-electron chi connectivity index (χ3n) is 4.40. The van der Waals surface area contributed by atoms with Gasteiger partial charge in [0.2, 0.25) is 5.91 Å². The molecule has 1 aromatic carbocycles. The summed E-state index contributed by atoms with van der Waals surface area (Å²) in [4.78, 5) is 34.6. The number of amides is 1. The van der Waals surface area contributed by atoms with Crippen LogP contribution in [0.1, 0.15) is 76.3 Å². The van der Waals surface area contributed by atoms with Gasteiger partial charge in [-0.25, -0.2) is 0 Å². The van der Waals surface area contributed by atoms with Crippen LogP contribution in [0.4, 0.5) is 0 Å². The Morgan fingerprint density at radius 1 is 1.07 bits per heavy atom. The molecule has 0 aliphatic rings. The van der Waals surface area contributed by atoms with Crippen molar-refractivity contribution in [1.29, 1.82) is 0 Å². The van der Waals surface area contributed by atoms with Crippen molar-refractivity contribution in [3.05, 3.63) is 29.3 Å². The molecule has 7 heteroatoms. The lowest BCUT2D eigenvalue weighted by Gasteiger charge is -2.19. The zero-order valence-electron chi connectivity index (χ0n) is 17.2. The van der Waals surface area contributed by atoms with Crippen LogP contribution in [0.15, 0.2) is 18.2 Å². The van der Waals surface area contributed by atoms with E-state index in [4.69, 9.17) is 15.6 Å². The average Bonchev–Trinajstić information content (AvgIpc) is 2.62. The molecule has 1 atom stereocenters. The van der Waals surface area contributed by atoms with Crippen molar-refractivity contribution in [2.45, 2.75) is 71.3 Å². The predicted octanol–water partition coefficient (Wildman–Crippen LogP) is 2.93. The summed E-state index contributed by atoms with van der Waals surface area (Å²) in [6.07, 6.45) is 0.493. The highest BCUT2D eigenvalue weighted by atomic mass is 16.5. The first-order valence-corrected chi connectivity index (χ1v) is 9.72. The van der Waals surface area contributed by atoms with Crippen molar-refractivity contribution in [2.75, 3.05) is 6.54 Å². The Morgan fingerprint density at radius 2 is 1.64 bits per heavy atom. The van der Waals surface area contributed by atoms with Gasteiger partial charge in [0, 0.05) is 19.4 Å². The summed E-state index contributed by atoms with van der Waals surface area (Å²) in [5, 5.41) is 11.2. The summed E-state index contributed by atoms with van der Waals surface area (Å²) in [5.41, 5.74) is 7.63. The molecule has 0 saturated heterocycles. The molecule has 0 bridgehead atoms. The molecule has 0 saturated carbocycles. The molecule has 0 fully saturated rings. The molecule has 0 aliphatic carbocycles. The van der Waals surface area contributed by atoms with Gasteiger partial charge < -0.3 is 20.9 Å². The molecular weight excluding hydrogens is 360 g/mol. The fraction of sp³-hybridized carbons (Fsp3) is 0.571. The average molecular weight is 392 g/mol. The first kappa shape index (κ1) is 23.6. The number of hydrogen-bond acceptors (Lipinski definition) is 5. The minimum Gasteiger partial charge on any atom is -0.481 e. The highest BCUT2D eigenvalue weighted by molar-refractivity contribution is 5.82. The topological polar surface area (TPSA) is 119 Å². The molecule has 1 aromatic rings. The zero-order valence-corrected chi connectivity index (χ0v) is 17.2. The second-order valence-electron chi connectivity index (χ2n) is 7.48. The van der Waals surface area contributed by atoms with E-state index in [0.717, 1.165) is 11.1 Å². The number of carboxylic acids is 1. The molecule has 156 valence electrons. The number of para-hydroxylation sites is 1. The first-order chi connectivity index (χ1) is 13.1. The van der Waals surface area contributed by atoms with Gasteiger partial charge in [-0.2, -0.15) is 0 Å². The Labute approximate surface area is 166 Å². The van der Waals surface area contributed by atoms with E-state index in [9.17, 15) is 14.4 Å². The fourth-order valence-electron chi connectivity index (χ4n) is 2.75. The van der Waals surface area contributed by atoms with Gasteiger partial charge in [0.1, 0.15) is 5.75 Å². The van der Waals surface area contributed by atoms with Crippen molar-refractivity contribution >= 4 is 17.8 Å². The minimum absolute atomic E-state index is 0.0766. The number of rotatable bonds is 11. The van der Waals surface area contributed by atoms with Gasteiger partial charge in [-0.1, -0.05) is 45.9 Å². The zero-order chi connectivity index (χ0) is 21.3. The maximum Gasteiger partial charge on any atom is 0.311 e. The SMILES string of the molecule is CC(C)c1cccc(C(C)C)c1OC(=O)CCCNC(=O)[C@@H](N)CCC(=O)O. The number of carbonyl (C=O) groups is 3. The van der Waals surface area contributed by atoms with Crippen LogP contribution in [-0.4, -0.2) is 35.5 Å². The highest BCUT2D eigenvalue weighted by Gasteiger charge is 2.18. The summed E-state index contributed by atoms with van der Waals surface area (Å²) >= 11 is 0. The summed E-state index contributed by atoms with van der Waals surface area (Å²) < 4.78 is 5.68. The lowest BCUT2D eigenvalue weighted by Crippen LogP contribution is -2.41. The molecule has 0 radical (unpaired) electrons. The van der Waals surface area contributed by atoms with E-state index in [1.807, 2.05) is 18.2 Å². The number of carbonyl (C=O) groups excluding carboxylic acids is 2. The fourth-order valence-corrected chi connectivity index (χ4v) is 2.75. The van der Waals surface area contributed by atoms with E-state index in [1.54, 1.807) is 0 Å². The molecule has 0 heterocycles. The quantitative estimate of drug-likeness (QED) is 0.303. The largest absolute Gasteiger partial charge is 0.481 e. The van der Waals surface area contributed by atoms with Crippen molar-refractivity contribution < 1.29 is 24.2 Å². The molecule has 1 amide bonds. The summed E-state index contributed by atoms with van der Waals surface area (Å²) in [5.74, 6) is -0.659. The van der Waals surface area contributed by atoms with Crippen molar-refractivity contribution in [1.82, 2.24) is 5.32 Å². The Bertz CT molecular complexity index is 659. The van der Waals surface area contributed by atoms with Crippen LogP contribution in [0.5, 0.6) is 5.75 Å². The molecule has 1 rings (SSSR count). The number of carboxylic acid groups (broad SMARTS) is 1. The maximum atomic E-state index is 12.3. The predicted molar refractivity (Wildman–Crippen MR) is 107 cm³/mol. The van der Waals surface area contributed by atoms with Gasteiger partial charge in [-0.3, -0.25) is 14.4 Å². The van der Waals surface area contributed by atoms with E-state index in [-0.39, 0.29) is 43.6 Å². The lowest BCUT2D eigenvalue weighted by atomic mass is 9.94. The standard InChI is InChI=1S/C21H32N2O5/c1-13(2)15-7-5-8-16(14(3)4)20(15)28-19(26)9-6-12-23-21(27)17(22)10-11-18(24)25/h5,7-8,13-14,17H,6,9-12,22H2,1-4H3,(H,23,27)(H,24,25)/t17-/m0/s1. The summed E-state index contributed by atoms with van der Waals surface area (Å²) in [6.45, 7) is 8.50. The van der Waals surface area contributed by atoms with Crippen LogP contribution in [0, 0.1) is 0 Å². The second kappa shape index (κ2) is 11.4. The van der Waals surface area contributed by atoms with Gasteiger partial charge in [-0.15, -0.1) is 0 Å². The van der Waals surface area contributed by atoms with Crippen LogP contribution in [0.25, 0.3) is 0 Å². The molecular formula is C21H32N2O5. The van der Waals surface area contributed by atoms with Crippen molar-refractivity contribution in [2.24, 2.45) is 5.73 Å². The molecule has 28 heavy (non-hydrogen) atoms. The van der Waals surface area contributed by atoms with Crippen LogP contribution in [-0.2, 0) is 14.4 Å². The van der Waals surface area contributed by atoms with E-state index in [2.05, 4.69) is 33.0 Å². The normalized spacial score (nSPS) is 12.1. The smallest absolute Gasteiger partial charge is 0.311 e. The maximum absolute atomic E-state index is 12.3. The Hall–Kier alpha value is -2.41. The molecule has 0 spiro atoms. The third kappa shape index (κ3) is 7.68. The number of benzene rings is 1. The lowest BCUT2D eigenvalue weighted by molar-refractivity contribution is -0.137. The molecule has 0 aromatic heterocycles. The van der Waals surface area contributed by atoms with Crippen LogP contribution in [0.3, 0.4) is 0 Å². The number of nitrogens with two attached hydrogens (primary N) is 1. The van der Waals surface area contributed by atoms with Gasteiger partial charge >= 0.3 is 11.9 Å². The third-order valence-corrected chi connectivity index (χ3v) is 4.40. The monoisotopic (exact) mass is 392 g/mol.